The van der Waals surface area contributed by atoms with Crippen LogP contribution in [0.2, 0.25) is 0 Å². The minimum atomic E-state index is -0.139. The van der Waals surface area contributed by atoms with Crippen LogP contribution in [0.25, 0.3) is 0 Å². The number of carbonyl (C=O) groups is 1. The Balaban J connectivity index is 2.65. The van der Waals surface area contributed by atoms with E-state index in [4.69, 9.17) is 5.73 Å². The Morgan fingerprint density at radius 3 is 2.32 bits per heavy atom. The average Bonchev–Trinajstić information content (AvgIpc) is 2.35. The lowest BCUT2D eigenvalue weighted by atomic mass is 9.84. The molecule has 0 heterocycles. The van der Waals surface area contributed by atoms with Crippen LogP contribution in [-0.4, -0.2) is 18.7 Å². The average molecular weight is 280 g/mol. The molecule has 0 fully saturated rings. The molecule has 19 heavy (non-hydrogen) atoms. The number of rotatable bonds is 5. The summed E-state index contributed by atoms with van der Waals surface area (Å²) in [5, 5.41) is 2.94. The van der Waals surface area contributed by atoms with Gasteiger partial charge in [-0.1, -0.05) is 20.8 Å². The number of anilines is 1. The highest BCUT2D eigenvalue weighted by molar-refractivity contribution is 7.98. The molecule has 0 bridgehead atoms. The lowest BCUT2D eigenvalue weighted by molar-refractivity contribution is -0.120. The fourth-order valence-corrected chi connectivity index (χ4v) is 2.35. The maximum Gasteiger partial charge on any atom is 0.228 e. The number of amides is 1. The smallest absolute Gasteiger partial charge is 0.228 e. The lowest BCUT2D eigenvalue weighted by Crippen LogP contribution is -2.32. The van der Waals surface area contributed by atoms with Gasteiger partial charge in [0.05, 0.1) is 5.92 Å². The van der Waals surface area contributed by atoms with Crippen molar-refractivity contribution < 1.29 is 4.79 Å². The van der Waals surface area contributed by atoms with Crippen LogP contribution in [0.15, 0.2) is 29.2 Å². The molecule has 0 saturated heterocycles. The summed E-state index contributed by atoms with van der Waals surface area (Å²) >= 11 is 1.68. The quantitative estimate of drug-likeness (QED) is 0.813. The van der Waals surface area contributed by atoms with Crippen LogP contribution in [0.3, 0.4) is 0 Å². The molecule has 1 aromatic carbocycles. The largest absolute Gasteiger partial charge is 0.330 e. The summed E-state index contributed by atoms with van der Waals surface area (Å²) in [6, 6.07) is 7.85. The van der Waals surface area contributed by atoms with Gasteiger partial charge in [0.15, 0.2) is 0 Å². The highest BCUT2D eigenvalue weighted by Crippen LogP contribution is 2.25. The Labute approximate surface area is 120 Å². The van der Waals surface area contributed by atoms with E-state index in [1.54, 1.807) is 11.8 Å². The number of hydrogen-bond acceptors (Lipinski definition) is 3. The lowest BCUT2D eigenvalue weighted by Gasteiger charge is -2.24. The molecule has 0 saturated carbocycles. The summed E-state index contributed by atoms with van der Waals surface area (Å²) in [7, 11) is 0. The number of thioether (sulfide) groups is 1. The number of hydrogen-bond donors (Lipinski definition) is 2. The van der Waals surface area contributed by atoms with Crippen LogP contribution in [0, 0.1) is 11.3 Å². The highest BCUT2D eigenvalue weighted by atomic mass is 32.2. The molecule has 0 spiro atoms. The van der Waals surface area contributed by atoms with Crippen LogP contribution in [-0.2, 0) is 4.79 Å². The van der Waals surface area contributed by atoms with Crippen molar-refractivity contribution in [3.63, 3.8) is 0 Å². The van der Waals surface area contributed by atoms with Gasteiger partial charge in [-0.25, -0.2) is 0 Å². The van der Waals surface area contributed by atoms with E-state index >= 15 is 0 Å². The summed E-state index contributed by atoms with van der Waals surface area (Å²) in [5.74, 6) is -0.130. The first-order chi connectivity index (χ1) is 8.85. The van der Waals surface area contributed by atoms with Crippen molar-refractivity contribution in [2.24, 2.45) is 17.1 Å². The molecule has 0 aliphatic rings. The third-order valence-electron chi connectivity index (χ3n) is 2.87. The van der Waals surface area contributed by atoms with Gasteiger partial charge in [-0.2, -0.15) is 0 Å². The van der Waals surface area contributed by atoms with E-state index < -0.39 is 0 Å². The summed E-state index contributed by atoms with van der Waals surface area (Å²) in [6.07, 6.45) is 2.82. The molecule has 4 heteroatoms. The van der Waals surface area contributed by atoms with Crippen molar-refractivity contribution in [3.05, 3.63) is 24.3 Å². The topological polar surface area (TPSA) is 55.1 Å². The van der Waals surface area contributed by atoms with Crippen LogP contribution in [0.1, 0.15) is 27.2 Å². The van der Waals surface area contributed by atoms with Gasteiger partial charge in [0.1, 0.15) is 0 Å². The Hall–Kier alpha value is -1.00. The maximum absolute atomic E-state index is 12.2. The first-order valence-corrected chi connectivity index (χ1v) is 7.73. The molecule has 0 aliphatic carbocycles. The fraction of sp³-hybridized carbons (Fsp3) is 0.533. The SMILES string of the molecule is CSc1ccc(NC(=O)C(CN)CC(C)(C)C)cc1. The zero-order valence-corrected chi connectivity index (χ0v) is 13.0. The van der Waals surface area contributed by atoms with Gasteiger partial charge in [0, 0.05) is 17.1 Å². The third-order valence-corrected chi connectivity index (χ3v) is 3.62. The molecular formula is C15H24N2OS. The number of benzene rings is 1. The van der Waals surface area contributed by atoms with E-state index in [1.165, 1.54) is 4.90 Å². The van der Waals surface area contributed by atoms with Crippen LogP contribution < -0.4 is 11.1 Å². The first kappa shape index (κ1) is 16.1. The van der Waals surface area contributed by atoms with E-state index in [0.29, 0.717) is 6.54 Å². The monoisotopic (exact) mass is 280 g/mol. The van der Waals surface area contributed by atoms with E-state index in [9.17, 15) is 4.79 Å². The van der Waals surface area contributed by atoms with Crippen LogP contribution in [0.4, 0.5) is 5.69 Å². The highest BCUT2D eigenvalue weighted by Gasteiger charge is 2.23. The van der Waals surface area contributed by atoms with Gasteiger partial charge in [-0.15, -0.1) is 11.8 Å². The molecule has 0 aliphatic heterocycles. The number of carbonyl (C=O) groups excluding carboxylic acids is 1. The molecule has 1 amide bonds. The molecule has 0 radical (unpaired) electrons. The Morgan fingerprint density at radius 1 is 1.32 bits per heavy atom. The normalized spacial score (nSPS) is 13.1. The molecule has 0 aromatic heterocycles. The van der Waals surface area contributed by atoms with Gasteiger partial charge < -0.3 is 11.1 Å². The van der Waals surface area contributed by atoms with E-state index in [-0.39, 0.29) is 17.2 Å². The Morgan fingerprint density at radius 2 is 1.89 bits per heavy atom. The number of nitrogens with one attached hydrogen (secondary N) is 1. The molecule has 3 N–H and O–H groups in total. The summed E-state index contributed by atoms with van der Waals surface area (Å²) < 4.78 is 0. The Bertz CT molecular complexity index is 409. The predicted octanol–water partition coefficient (Wildman–Crippen LogP) is 3.36. The molecular weight excluding hydrogens is 256 g/mol. The number of nitrogens with two attached hydrogens (primary N) is 1. The molecule has 1 unspecified atom stereocenters. The zero-order valence-electron chi connectivity index (χ0n) is 12.2. The van der Waals surface area contributed by atoms with E-state index in [2.05, 4.69) is 26.1 Å². The standard InChI is InChI=1S/C15H24N2OS/c1-15(2,3)9-11(10-16)14(18)17-12-5-7-13(19-4)8-6-12/h5-8,11H,9-10,16H2,1-4H3,(H,17,18). The van der Waals surface area contributed by atoms with E-state index in [0.717, 1.165) is 12.1 Å². The maximum atomic E-state index is 12.2. The second-order valence-corrected chi connectivity index (χ2v) is 6.79. The van der Waals surface area contributed by atoms with E-state index in [1.807, 2.05) is 30.5 Å². The second kappa shape index (κ2) is 6.96. The fourth-order valence-electron chi connectivity index (χ4n) is 1.94. The molecule has 1 atom stereocenters. The van der Waals surface area contributed by atoms with Gasteiger partial charge in [0.25, 0.3) is 0 Å². The van der Waals surface area contributed by atoms with Crippen molar-refractivity contribution in [2.45, 2.75) is 32.1 Å². The van der Waals surface area contributed by atoms with Gasteiger partial charge in [-0.3, -0.25) is 4.79 Å². The van der Waals surface area contributed by atoms with Crippen molar-refractivity contribution >= 4 is 23.4 Å². The van der Waals surface area contributed by atoms with Crippen LogP contribution >= 0.6 is 11.8 Å². The van der Waals surface area contributed by atoms with Crippen molar-refractivity contribution in [1.29, 1.82) is 0 Å². The Kier molecular flexibility index (Phi) is 5.88. The summed E-state index contributed by atoms with van der Waals surface area (Å²) in [4.78, 5) is 13.4. The van der Waals surface area contributed by atoms with Gasteiger partial charge in [0.2, 0.25) is 5.91 Å². The van der Waals surface area contributed by atoms with Gasteiger partial charge in [-0.05, 0) is 42.4 Å². The second-order valence-electron chi connectivity index (χ2n) is 5.92. The predicted molar refractivity (Wildman–Crippen MR) is 83.5 cm³/mol. The molecule has 106 valence electrons. The summed E-state index contributed by atoms with van der Waals surface area (Å²) in [5.41, 5.74) is 6.65. The van der Waals surface area contributed by atoms with Crippen molar-refractivity contribution in [1.82, 2.24) is 0 Å². The van der Waals surface area contributed by atoms with Crippen LogP contribution in [0.5, 0.6) is 0 Å². The molecule has 3 nitrogen and oxygen atoms in total. The first-order valence-electron chi connectivity index (χ1n) is 6.50. The minimum Gasteiger partial charge on any atom is -0.330 e. The third kappa shape index (κ3) is 5.66. The van der Waals surface area contributed by atoms with Gasteiger partial charge >= 0.3 is 0 Å². The molecule has 1 aromatic rings. The minimum absolute atomic E-state index is 0.00864. The molecule has 1 rings (SSSR count). The van der Waals surface area contributed by atoms with Crippen molar-refractivity contribution in [3.8, 4) is 0 Å². The summed E-state index contributed by atoms with van der Waals surface area (Å²) in [6.45, 7) is 6.74. The zero-order chi connectivity index (χ0) is 14.5. The van der Waals surface area contributed by atoms with Crippen molar-refractivity contribution in [2.75, 3.05) is 18.1 Å².